The Kier molecular flexibility index (Phi) is 3.99. The van der Waals surface area contributed by atoms with Crippen LogP contribution in [0.1, 0.15) is 0 Å². The number of nitro groups is 1. The van der Waals surface area contributed by atoms with Gasteiger partial charge in [-0.1, -0.05) is 6.07 Å². The summed E-state index contributed by atoms with van der Waals surface area (Å²) >= 11 is 0. The molecule has 0 fully saturated rings. The molecule has 0 N–H and O–H groups in total. The molecule has 0 aliphatic rings. The third-order valence-corrected chi connectivity index (χ3v) is 1.68. The van der Waals surface area contributed by atoms with Gasteiger partial charge < -0.3 is 9.47 Å². The van der Waals surface area contributed by atoms with Crippen molar-refractivity contribution in [1.29, 1.82) is 0 Å². The second-order valence-corrected chi connectivity index (χ2v) is 2.69. The Labute approximate surface area is 85.6 Å². The molecule has 0 unspecified atom stereocenters. The summed E-state index contributed by atoms with van der Waals surface area (Å²) in [6.45, 7) is 0.309. The van der Waals surface area contributed by atoms with Crippen LogP contribution in [0.25, 0.3) is 0 Å². The Morgan fingerprint density at radius 3 is 2.80 bits per heavy atom. The van der Waals surface area contributed by atoms with E-state index in [0.717, 1.165) is 6.07 Å². The molecule has 0 heterocycles. The second kappa shape index (κ2) is 5.26. The zero-order chi connectivity index (χ0) is 11.3. The summed E-state index contributed by atoms with van der Waals surface area (Å²) in [6.07, 6.45) is 0. The fraction of sp³-hybridized carbons (Fsp3) is 0.333. The summed E-state index contributed by atoms with van der Waals surface area (Å²) in [5.74, 6) is -1.10. The van der Waals surface area contributed by atoms with E-state index in [1.807, 2.05) is 0 Å². The van der Waals surface area contributed by atoms with Crippen molar-refractivity contribution in [3.8, 4) is 5.75 Å². The number of para-hydroxylation sites is 1. The van der Waals surface area contributed by atoms with Crippen LogP contribution >= 0.6 is 0 Å². The maximum Gasteiger partial charge on any atom is 0.314 e. The molecule has 0 bridgehead atoms. The number of benzene rings is 1. The van der Waals surface area contributed by atoms with Crippen LogP contribution in [0.5, 0.6) is 5.75 Å². The van der Waals surface area contributed by atoms with Gasteiger partial charge >= 0.3 is 5.69 Å². The van der Waals surface area contributed by atoms with Crippen molar-refractivity contribution in [3.63, 3.8) is 0 Å². The lowest BCUT2D eigenvalue weighted by Gasteiger charge is -2.06. The van der Waals surface area contributed by atoms with E-state index < -0.39 is 10.7 Å². The number of nitrogens with zero attached hydrogens (tertiary/aromatic N) is 1. The van der Waals surface area contributed by atoms with Crippen molar-refractivity contribution < 1.29 is 18.8 Å². The molecule has 1 aromatic rings. The van der Waals surface area contributed by atoms with Gasteiger partial charge in [-0.2, -0.15) is 0 Å². The Bertz CT molecular complexity index is 356. The molecule has 0 spiro atoms. The summed E-state index contributed by atoms with van der Waals surface area (Å²) in [4.78, 5) is 9.85. The fourth-order valence-corrected chi connectivity index (χ4v) is 1.01. The van der Waals surface area contributed by atoms with Gasteiger partial charge in [-0.3, -0.25) is 10.1 Å². The predicted molar refractivity (Wildman–Crippen MR) is 50.4 cm³/mol. The first-order valence-corrected chi connectivity index (χ1v) is 4.21. The Balaban J connectivity index is 2.87. The van der Waals surface area contributed by atoms with Crippen LogP contribution in [0.2, 0.25) is 0 Å². The standard InChI is InChI=1S/C9H10FNO4/c1-14-5-6-15-9-7(10)3-2-4-8(9)11(12)13/h2-4H,5-6H2,1H3. The van der Waals surface area contributed by atoms with Crippen LogP contribution in [0.4, 0.5) is 10.1 Å². The highest BCUT2D eigenvalue weighted by atomic mass is 19.1. The molecule has 0 saturated carbocycles. The van der Waals surface area contributed by atoms with E-state index in [-0.39, 0.29) is 24.7 Å². The first-order chi connectivity index (χ1) is 7.16. The molecule has 0 saturated heterocycles. The number of ether oxygens (including phenoxy) is 2. The lowest BCUT2D eigenvalue weighted by atomic mass is 10.3. The highest BCUT2D eigenvalue weighted by Crippen LogP contribution is 2.29. The normalized spacial score (nSPS) is 10.0. The van der Waals surface area contributed by atoms with E-state index in [4.69, 9.17) is 4.74 Å². The number of hydrogen-bond acceptors (Lipinski definition) is 4. The van der Waals surface area contributed by atoms with Gasteiger partial charge in [0.1, 0.15) is 6.61 Å². The minimum Gasteiger partial charge on any atom is -0.482 e. The van der Waals surface area contributed by atoms with Crippen LogP contribution in [0.3, 0.4) is 0 Å². The highest BCUT2D eigenvalue weighted by Gasteiger charge is 2.18. The Hall–Kier alpha value is -1.69. The number of halogens is 1. The quantitative estimate of drug-likeness (QED) is 0.426. The smallest absolute Gasteiger partial charge is 0.314 e. The fourth-order valence-electron chi connectivity index (χ4n) is 1.01. The zero-order valence-electron chi connectivity index (χ0n) is 8.10. The van der Waals surface area contributed by atoms with Crippen LogP contribution < -0.4 is 4.74 Å². The summed E-state index contributed by atoms with van der Waals surface area (Å²) in [5.41, 5.74) is -0.383. The number of methoxy groups -OCH3 is 1. The third-order valence-electron chi connectivity index (χ3n) is 1.68. The van der Waals surface area contributed by atoms with Crippen molar-refractivity contribution in [3.05, 3.63) is 34.1 Å². The molecule has 0 amide bonds. The monoisotopic (exact) mass is 215 g/mol. The van der Waals surface area contributed by atoms with Crippen LogP contribution in [-0.4, -0.2) is 25.2 Å². The molecule has 0 atom stereocenters. The van der Waals surface area contributed by atoms with Crippen molar-refractivity contribution in [1.82, 2.24) is 0 Å². The van der Waals surface area contributed by atoms with Gasteiger partial charge in [0.25, 0.3) is 0 Å². The van der Waals surface area contributed by atoms with Crippen molar-refractivity contribution >= 4 is 5.69 Å². The van der Waals surface area contributed by atoms with Gasteiger partial charge in [0.15, 0.2) is 5.82 Å². The highest BCUT2D eigenvalue weighted by molar-refractivity contribution is 5.46. The van der Waals surface area contributed by atoms with Gasteiger partial charge in [-0.05, 0) is 6.07 Å². The van der Waals surface area contributed by atoms with Crippen LogP contribution in [-0.2, 0) is 4.74 Å². The summed E-state index contributed by atoms with van der Waals surface area (Å²) in [5, 5.41) is 10.5. The van der Waals surface area contributed by atoms with Crippen LogP contribution in [0.15, 0.2) is 18.2 Å². The third kappa shape index (κ3) is 2.88. The Morgan fingerprint density at radius 2 is 2.20 bits per heavy atom. The molecule has 82 valence electrons. The lowest BCUT2D eigenvalue weighted by Crippen LogP contribution is -2.07. The topological polar surface area (TPSA) is 61.6 Å². The average Bonchev–Trinajstić information content (AvgIpc) is 2.20. The van der Waals surface area contributed by atoms with Gasteiger partial charge in [-0.15, -0.1) is 0 Å². The van der Waals surface area contributed by atoms with E-state index in [9.17, 15) is 14.5 Å². The molecule has 0 aliphatic carbocycles. The van der Waals surface area contributed by atoms with Gasteiger partial charge in [0.05, 0.1) is 11.5 Å². The minimum absolute atomic E-state index is 0.0677. The molecule has 0 aliphatic heterocycles. The summed E-state index contributed by atoms with van der Waals surface area (Å²) in [7, 11) is 1.46. The van der Waals surface area contributed by atoms with Gasteiger partial charge in [0, 0.05) is 13.2 Å². The van der Waals surface area contributed by atoms with Gasteiger partial charge in [-0.25, -0.2) is 4.39 Å². The SMILES string of the molecule is COCCOc1c(F)cccc1[N+](=O)[O-]. The molecule has 5 nitrogen and oxygen atoms in total. The van der Waals surface area contributed by atoms with E-state index in [1.54, 1.807) is 0 Å². The lowest BCUT2D eigenvalue weighted by molar-refractivity contribution is -0.386. The molecular weight excluding hydrogens is 205 g/mol. The summed E-state index contributed by atoms with van der Waals surface area (Å²) < 4.78 is 22.8. The minimum atomic E-state index is -0.750. The maximum atomic E-state index is 13.2. The average molecular weight is 215 g/mol. The predicted octanol–water partition coefficient (Wildman–Crippen LogP) is 1.76. The van der Waals surface area contributed by atoms with E-state index in [2.05, 4.69) is 4.74 Å². The molecule has 0 radical (unpaired) electrons. The molecule has 1 rings (SSSR count). The molecule has 15 heavy (non-hydrogen) atoms. The first kappa shape index (κ1) is 11.4. The zero-order valence-corrected chi connectivity index (χ0v) is 8.10. The largest absolute Gasteiger partial charge is 0.482 e. The van der Waals surface area contributed by atoms with E-state index in [1.165, 1.54) is 19.2 Å². The van der Waals surface area contributed by atoms with Crippen molar-refractivity contribution in [2.75, 3.05) is 20.3 Å². The van der Waals surface area contributed by atoms with Crippen molar-refractivity contribution in [2.45, 2.75) is 0 Å². The first-order valence-electron chi connectivity index (χ1n) is 4.21. The maximum absolute atomic E-state index is 13.2. The van der Waals surface area contributed by atoms with E-state index >= 15 is 0 Å². The van der Waals surface area contributed by atoms with Gasteiger partial charge in [0.2, 0.25) is 5.75 Å². The summed E-state index contributed by atoms with van der Waals surface area (Å²) in [6, 6.07) is 3.55. The number of rotatable bonds is 5. The van der Waals surface area contributed by atoms with Crippen molar-refractivity contribution in [2.24, 2.45) is 0 Å². The van der Waals surface area contributed by atoms with E-state index in [0.29, 0.717) is 0 Å². The molecular formula is C9H10FNO4. The molecule has 6 heteroatoms. The number of nitro benzene ring substituents is 1. The Morgan fingerprint density at radius 1 is 1.47 bits per heavy atom. The van der Waals surface area contributed by atoms with Crippen LogP contribution in [0, 0.1) is 15.9 Å². The molecule has 0 aromatic heterocycles. The molecule has 1 aromatic carbocycles. The second-order valence-electron chi connectivity index (χ2n) is 2.69. The number of hydrogen-bond donors (Lipinski definition) is 0.